The van der Waals surface area contributed by atoms with Gasteiger partial charge in [0.25, 0.3) is 0 Å². The molecule has 0 aromatic carbocycles. The van der Waals surface area contributed by atoms with Gasteiger partial charge in [-0.1, -0.05) is 18.7 Å². The molecule has 0 aliphatic heterocycles. The minimum atomic E-state index is 0.865. The molecule has 2 nitrogen and oxygen atoms in total. The number of aryl methyl sites for hydroxylation is 1. The second-order valence-corrected chi connectivity index (χ2v) is 4.91. The van der Waals surface area contributed by atoms with Gasteiger partial charge in [0.1, 0.15) is 5.76 Å². The third-order valence-corrected chi connectivity index (χ3v) is 3.90. The predicted octanol–water partition coefficient (Wildman–Crippen LogP) is 3.59. The Morgan fingerprint density at radius 2 is 2.50 bits per heavy atom. The number of rotatable bonds is 4. The summed E-state index contributed by atoms with van der Waals surface area (Å²) in [5, 5.41) is 2.12. The highest BCUT2D eigenvalue weighted by Gasteiger charge is 2.02. The lowest BCUT2D eigenvalue weighted by molar-refractivity contribution is 0.530. The molecular weight excluding hydrogens is 214 g/mol. The molecular formula is C10H11NOS2. The zero-order valence-electron chi connectivity index (χ0n) is 7.90. The Morgan fingerprint density at radius 1 is 1.57 bits per heavy atom. The van der Waals surface area contributed by atoms with Crippen LogP contribution in [0.15, 0.2) is 32.5 Å². The molecule has 2 rings (SSSR count). The fraction of sp³-hybridized carbons (Fsp3) is 0.300. The number of thiazole rings is 1. The van der Waals surface area contributed by atoms with Gasteiger partial charge >= 0.3 is 0 Å². The van der Waals surface area contributed by atoms with Crippen LogP contribution in [0.1, 0.15) is 18.4 Å². The number of furan rings is 1. The Labute approximate surface area is 91.4 Å². The van der Waals surface area contributed by atoms with Gasteiger partial charge in [0.15, 0.2) is 4.34 Å². The normalized spacial score (nSPS) is 10.6. The van der Waals surface area contributed by atoms with Gasteiger partial charge in [0.05, 0.1) is 17.7 Å². The third kappa shape index (κ3) is 2.39. The van der Waals surface area contributed by atoms with Crippen LogP contribution in [0.25, 0.3) is 0 Å². The molecule has 0 bridgehead atoms. The van der Waals surface area contributed by atoms with Crippen molar-refractivity contribution < 1.29 is 4.42 Å². The van der Waals surface area contributed by atoms with Gasteiger partial charge in [0, 0.05) is 5.38 Å². The minimum Gasteiger partial charge on any atom is -0.468 e. The molecule has 0 atom stereocenters. The first-order valence-electron chi connectivity index (χ1n) is 4.48. The summed E-state index contributed by atoms with van der Waals surface area (Å²) in [6.45, 7) is 2.12. The maximum Gasteiger partial charge on any atom is 0.150 e. The van der Waals surface area contributed by atoms with Gasteiger partial charge < -0.3 is 4.42 Å². The molecule has 0 aliphatic rings. The highest BCUT2D eigenvalue weighted by atomic mass is 32.2. The third-order valence-electron chi connectivity index (χ3n) is 1.81. The van der Waals surface area contributed by atoms with E-state index in [1.807, 2.05) is 12.1 Å². The lowest BCUT2D eigenvalue weighted by atomic mass is 10.4. The first-order valence-corrected chi connectivity index (χ1v) is 6.34. The number of aromatic nitrogens is 1. The molecule has 0 spiro atoms. The van der Waals surface area contributed by atoms with Crippen LogP contribution in [0.2, 0.25) is 0 Å². The Morgan fingerprint density at radius 3 is 3.14 bits per heavy atom. The molecule has 0 N–H and O–H groups in total. The number of nitrogens with zero attached hydrogens (tertiary/aromatic N) is 1. The van der Waals surface area contributed by atoms with E-state index in [4.69, 9.17) is 4.42 Å². The van der Waals surface area contributed by atoms with Gasteiger partial charge in [-0.2, -0.15) is 0 Å². The van der Waals surface area contributed by atoms with Gasteiger partial charge in [0.2, 0.25) is 0 Å². The molecule has 0 saturated heterocycles. The Hall–Kier alpha value is -0.740. The van der Waals surface area contributed by atoms with E-state index in [9.17, 15) is 0 Å². The van der Waals surface area contributed by atoms with Crippen molar-refractivity contribution in [2.45, 2.75) is 23.4 Å². The van der Waals surface area contributed by atoms with Crippen molar-refractivity contribution >= 4 is 23.1 Å². The van der Waals surface area contributed by atoms with Gasteiger partial charge in [-0.05, 0) is 18.6 Å². The molecule has 0 unspecified atom stereocenters. The molecule has 2 heterocycles. The largest absolute Gasteiger partial charge is 0.468 e. The SMILES string of the molecule is CCc1csc(SCc2ccco2)n1. The second-order valence-electron chi connectivity index (χ2n) is 2.83. The summed E-state index contributed by atoms with van der Waals surface area (Å²) >= 11 is 3.43. The first kappa shape index (κ1) is 9.80. The van der Waals surface area contributed by atoms with Crippen molar-refractivity contribution in [2.24, 2.45) is 0 Å². The van der Waals surface area contributed by atoms with Gasteiger partial charge in [-0.3, -0.25) is 0 Å². The molecule has 2 aromatic rings. The van der Waals surface area contributed by atoms with Crippen molar-refractivity contribution in [1.29, 1.82) is 0 Å². The van der Waals surface area contributed by atoms with Crippen molar-refractivity contribution in [3.05, 3.63) is 35.2 Å². The molecule has 0 saturated carbocycles. The fourth-order valence-electron chi connectivity index (χ4n) is 1.04. The van der Waals surface area contributed by atoms with Gasteiger partial charge in [-0.15, -0.1) is 11.3 Å². The van der Waals surface area contributed by atoms with Crippen LogP contribution in [0.5, 0.6) is 0 Å². The number of hydrogen-bond donors (Lipinski definition) is 0. The quantitative estimate of drug-likeness (QED) is 0.744. The van der Waals surface area contributed by atoms with Crippen molar-refractivity contribution in [3.8, 4) is 0 Å². The van der Waals surface area contributed by atoms with Crippen LogP contribution >= 0.6 is 23.1 Å². The van der Waals surface area contributed by atoms with Crippen molar-refractivity contribution in [3.63, 3.8) is 0 Å². The Balaban J connectivity index is 1.92. The van der Waals surface area contributed by atoms with Gasteiger partial charge in [-0.25, -0.2) is 4.98 Å². The minimum absolute atomic E-state index is 0.865. The smallest absolute Gasteiger partial charge is 0.150 e. The topological polar surface area (TPSA) is 26.0 Å². The van der Waals surface area contributed by atoms with Crippen LogP contribution in [-0.2, 0) is 12.2 Å². The molecule has 0 fully saturated rings. The molecule has 14 heavy (non-hydrogen) atoms. The van der Waals surface area contributed by atoms with Crippen LogP contribution in [0.3, 0.4) is 0 Å². The predicted molar refractivity (Wildman–Crippen MR) is 59.8 cm³/mol. The van der Waals surface area contributed by atoms with E-state index in [0.29, 0.717) is 0 Å². The summed E-state index contributed by atoms with van der Waals surface area (Å²) in [5.74, 6) is 1.87. The van der Waals surface area contributed by atoms with E-state index in [1.165, 1.54) is 5.69 Å². The monoisotopic (exact) mass is 225 g/mol. The first-order chi connectivity index (χ1) is 6.88. The Bertz CT molecular complexity index is 380. The van der Waals surface area contributed by atoms with E-state index in [2.05, 4.69) is 17.3 Å². The summed E-state index contributed by atoms with van der Waals surface area (Å²) in [7, 11) is 0. The van der Waals surface area contributed by atoms with E-state index in [0.717, 1.165) is 22.3 Å². The molecule has 2 aromatic heterocycles. The number of hydrogen-bond acceptors (Lipinski definition) is 4. The Kier molecular flexibility index (Phi) is 3.26. The van der Waals surface area contributed by atoms with Crippen LogP contribution in [0.4, 0.5) is 0 Å². The molecule has 0 aliphatic carbocycles. The highest BCUT2D eigenvalue weighted by molar-refractivity contribution is 8.00. The highest BCUT2D eigenvalue weighted by Crippen LogP contribution is 2.26. The molecule has 0 amide bonds. The van der Waals surface area contributed by atoms with Crippen LogP contribution in [0, 0.1) is 0 Å². The van der Waals surface area contributed by atoms with E-state index in [1.54, 1.807) is 29.4 Å². The van der Waals surface area contributed by atoms with E-state index < -0.39 is 0 Å². The average molecular weight is 225 g/mol. The van der Waals surface area contributed by atoms with Crippen LogP contribution < -0.4 is 0 Å². The van der Waals surface area contributed by atoms with Crippen molar-refractivity contribution in [2.75, 3.05) is 0 Å². The zero-order chi connectivity index (χ0) is 9.80. The zero-order valence-corrected chi connectivity index (χ0v) is 9.53. The maximum absolute atomic E-state index is 5.24. The fourth-order valence-corrected chi connectivity index (χ4v) is 2.88. The summed E-state index contributed by atoms with van der Waals surface area (Å²) in [6, 6.07) is 3.90. The lowest BCUT2D eigenvalue weighted by Crippen LogP contribution is -1.79. The van der Waals surface area contributed by atoms with E-state index in [-0.39, 0.29) is 0 Å². The number of thioether (sulfide) groups is 1. The standard InChI is InChI=1S/C10H11NOS2/c1-2-8-6-13-10(11-8)14-7-9-4-3-5-12-9/h3-6H,2,7H2,1H3. The second kappa shape index (κ2) is 4.66. The summed E-state index contributed by atoms with van der Waals surface area (Å²) < 4.78 is 6.37. The van der Waals surface area contributed by atoms with Crippen molar-refractivity contribution in [1.82, 2.24) is 4.98 Å². The molecule has 74 valence electrons. The summed E-state index contributed by atoms with van der Waals surface area (Å²) in [4.78, 5) is 4.47. The molecule has 0 radical (unpaired) electrons. The molecule has 4 heteroatoms. The maximum atomic E-state index is 5.24. The van der Waals surface area contributed by atoms with E-state index >= 15 is 0 Å². The van der Waals surface area contributed by atoms with Crippen LogP contribution in [-0.4, -0.2) is 4.98 Å². The lowest BCUT2D eigenvalue weighted by Gasteiger charge is -1.92. The average Bonchev–Trinajstić information content (AvgIpc) is 2.86. The summed E-state index contributed by atoms with van der Waals surface area (Å²) in [5.41, 5.74) is 1.18. The summed E-state index contributed by atoms with van der Waals surface area (Å²) in [6.07, 6.45) is 2.72.